The van der Waals surface area contributed by atoms with Crippen molar-refractivity contribution in [1.29, 1.82) is 5.26 Å². The average molecular weight is 1170 g/mol. The van der Waals surface area contributed by atoms with E-state index in [4.69, 9.17) is 38.4 Å². The molecule has 0 unspecified atom stereocenters. The lowest BCUT2D eigenvalue weighted by atomic mass is 10.0. The Morgan fingerprint density at radius 2 is 1.56 bits per heavy atom. The topological polar surface area (TPSA) is 229 Å². The Bertz CT molecular complexity index is 3200. The number of carbonyl (C=O) groups excluding carboxylic acids is 5. The summed E-state index contributed by atoms with van der Waals surface area (Å²) in [7, 11) is 1.30. The molecule has 82 heavy (non-hydrogen) atoms. The molecule has 2 saturated heterocycles. The Hall–Kier alpha value is -7.37. The average Bonchev–Trinajstić information content (AvgIpc) is 4.09. The van der Waals surface area contributed by atoms with Crippen LogP contribution in [0.4, 0.5) is 18.0 Å². The first-order valence-electron chi connectivity index (χ1n) is 26.3. The van der Waals surface area contributed by atoms with Crippen molar-refractivity contribution in [2.24, 2.45) is 5.92 Å². The van der Waals surface area contributed by atoms with Gasteiger partial charge in [0.15, 0.2) is 11.5 Å². The zero-order chi connectivity index (χ0) is 58.5. The van der Waals surface area contributed by atoms with Crippen molar-refractivity contribution in [2.75, 3.05) is 79.7 Å². The van der Waals surface area contributed by atoms with E-state index in [1.54, 1.807) is 28.6 Å². The molecule has 0 bridgehead atoms. The molecule has 3 aliphatic heterocycles. The van der Waals surface area contributed by atoms with Crippen molar-refractivity contribution in [3.05, 3.63) is 128 Å². The summed E-state index contributed by atoms with van der Waals surface area (Å²) in [4.78, 5) is 76.9. The number of aliphatic hydroxyl groups excluding tert-OH is 1. The highest BCUT2D eigenvalue weighted by Gasteiger charge is 2.46. The predicted molar refractivity (Wildman–Crippen MR) is 296 cm³/mol. The molecule has 5 amide bonds. The van der Waals surface area contributed by atoms with E-state index in [1.807, 2.05) is 51.1 Å². The molecule has 8 rings (SSSR count). The first-order chi connectivity index (χ1) is 39.4. The molecule has 5 aromatic rings. The number of ether oxygens (including phenoxy) is 7. The number of aromatic nitrogens is 1. The number of benzene rings is 4. The van der Waals surface area contributed by atoms with E-state index in [9.17, 15) is 42.3 Å². The zero-order valence-corrected chi connectivity index (χ0v) is 47.0. The van der Waals surface area contributed by atoms with Crippen LogP contribution in [0.15, 0.2) is 89.3 Å². The van der Waals surface area contributed by atoms with E-state index < -0.39 is 52.7 Å². The van der Waals surface area contributed by atoms with Gasteiger partial charge in [0.25, 0.3) is 17.1 Å². The third-order valence-corrected chi connectivity index (χ3v) is 15.4. The number of imide groups is 1. The maximum Gasteiger partial charge on any atom is 0.420 e. The number of carbonyl (C=O) groups is 5. The van der Waals surface area contributed by atoms with Crippen LogP contribution in [0.25, 0.3) is 16.5 Å². The van der Waals surface area contributed by atoms with E-state index >= 15 is 0 Å². The minimum absolute atomic E-state index is 0.00594. The van der Waals surface area contributed by atoms with Crippen molar-refractivity contribution in [1.82, 2.24) is 25.0 Å². The van der Waals surface area contributed by atoms with Crippen LogP contribution in [0.2, 0.25) is 0 Å². The lowest BCUT2D eigenvalue weighted by Crippen LogP contribution is -2.55. The van der Waals surface area contributed by atoms with Crippen LogP contribution in [-0.4, -0.2) is 152 Å². The third kappa shape index (κ3) is 15.0. The molecule has 0 spiro atoms. The van der Waals surface area contributed by atoms with Crippen LogP contribution in [-0.2, 0) is 52.6 Å². The van der Waals surface area contributed by atoms with Gasteiger partial charge in [-0.3, -0.25) is 28.9 Å². The number of rotatable bonds is 27. The fourth-order valence-corrected chi connectivity index (χ4v) is 11.1. The maximum atomic E-state index is 14.2. The number of fused-ring (bicyclic) bond motifs is 1. The van der Waals surface area contributed by atoms with Gasteiger partial charge in [0.2, 0.25) is 11.8 Å². The van der Waals surface area contributed by atoms with Crippen molar-refractivity contribution < 1.29 is 75.4 Å². The number of aryl methyl sites for hydroxylation is 1. The number of β-amino-alcohol motifs (C(OH)–C–C–N with tert-alkyl or cyclic N) is 1. The van der Waals surface area contributed by atoms with Crippen molar-refractivity contribution >= 4 is 58.0 Å². The van der Waals surface area contributed by atoms with Gasteiger partial charge in [-0.25, -0.2) is 4.98 Å². The molecule has 434 valence electrons. The minimum atomic E-state index is -4.79. The summed E-state index contributed by atoms with van der Waals surface area (Å²) < 4.78 is 80.9. The van der Waals surface area contributed by atoms with Crippen LogP contribution in [0, 0.1) is 24.2 Å². The number of methoxy groups -OCH3 is 1. The van der Waals surface area contributed by atoms with Crippen molar-refractivity contribution in [3.8, 4) is 39.5 Å². The summed E-state index contributed by atoms with van der Waals surface area (Å²) in [6.45, 7) is 8.01. The van der Waals surface area contributed by atoms with Gasteiger partial charge in [0.05, 0.1) is 111 Å². The van der Waals surface area contributed by atoms with Crippen LogP contribution in [0.3, 0.4) is 0 Å². The number of nitriles is 1. The Morgan fingerprint density at radius 1 is 0.866 bits per heavy atom. The number of thiazole rings is 1. The van der Waals surface area contributed by atoms with E-state index in [1.165, 1.54) is 53.7 Å². The molecule has 0 aliphatic carbocycles. The molecule has 4 heterocycles. The Morgan fingerprint density at radius 3 is 2.22 bits per heavy atom. The molecule has 2 N–H and O–H groups in total. The standard InChI is InChI=1S/C58H61F3N6O13S2/c1-35(2)51(67-32-41-7-5-6-8-43(41)54(67)70)56(72)66-33-42(68)29-45(66)53(69)63-31-40-12-11-39(52-36(3)64-34-81-52)28-48(40)79-24-23-78-22-21-77-20-19-76-18-17-75-16-15-65-55(71)50(82-57(65)73)27-37-9-14-47(49(26-37)74-4)80-46-13-10-38(30-62)25-44(46)58(59,60)61/h5-14,25-28,34-35,42,45,51,68H,15-24,29,31-33H2,1-4H3,(H,63,69)/b50-27-/t42-,45+,51+/m1/s1. The highest BCUT2D eigenvalue weighted by atomic mass is 32.2. The molecule has 3 aliphatic rings. The van der Waals surface area contributed by atoms with Gasteiger partial charge in [-0.15, -0.1) is 11.3 Å². The number of likely N-dealkylation sites (tertiary alicyclic amines) is 1. The number of hydrogen-bond donors (Lipinski definition) is 2. The molecule has 0 saturated carbocycles. The van der Waals surface area contributed by atoms with Gasteiger partial charge in [0, 0.05) is 37.2 Å². The molecule has 19 nitrogen and oxygen atoms in total. The fraction of sp³-hybridized carbons (Fsp3) is 0.397. The van der Waals surface area contributed by atoms with Gasteiger partial charge in [0.1, 0.15) is 30.2 Å². The molecule has 4 aromatic carbocycles. The van der Waals surface area contributed by atoms with Gasteiger partial charge < -0.3 is 53.4 Å². The molecule has 3 atom stereocenters. The van der Waals surface area contributed by atoms with Crippen LogP contribution in [0.1, 0.15) is 64.1 Å². The number of thioether (sulfide) groups is 1. The lowest BCUT2D eigenvalue weighted by Gasteiger charge is -2.35. The number of hydrogen-bond acceptors (Lipinski definition) is 17. The Labute approximate surface area is 479 Å². The summed E-state index contributed by atoms with van der Waals surface area (Å²) >= 11 is 2.23. The van der Waals surface area contributed by atoms with Gasteiger partial charge in [-0.05, 0) is 89.8 Å². The Balaban J connectivity index is 0.718. The smallest absolute Gasteiger partial charge is 0.420 e. The van der Waals surface area contributed by atoms with Gasteiger partial charge in [-0.1, -0.05) is 50.2 Å². The summed E-state index contributed by atoms with van der Waals surface area (Å²) in [6.07, 6.45) is -4.19. The highest BCUT2D eigenvalue weighted by molar-refractivity contribution is 8.18. The van der Waals surface area contributed by atoms with Crippen LogP contribution < -0.4 is 19.5 Å². The number of nitrogens with one attached hydrogen (secondary N) is 1. The number of alkyl halides is 3. The minimum Gasteiger partial charge on any atom is -0.493 e. The summed E-state index contributed by atoms with van der Waals surface area (Å²) in [5.74, 6) is -1.84. The first kappa shape index (κ1) is 60.7. The molecule has 24 heteroatoms. The number of halogens is 3. The second-order valence-corrected chi connectivity index (χ2v) is 21.3. The summed E-state index contributed by atoms with van der Waals surface area (Å²) in [5, 5.41) is 22.3. The summed E-state index contributed by atoms with van der Waals surface area (Å²) in [6, 6.07) is 20.1. The van der Waals surface area contributed by atoms with E-state index in [2.05, 4.69) is 10.3 Å². The second-order valence-electron chi connectivity index (χ2n) is 19.4. The predicted octanol–water partition coefficient (Wildman–Crippen LogP) is 8.25. The zero-order valence-electron chi connectivity index (χ0n) is 45.4. The van der Waals surface area contributed by atoms with Crippen LogP contribution >= 0.6 is 23.1 Å². The van der Waals surface area contributed by atoms with E-state index in [0.717, 1.165) is 44.4 Å². The first-order valence-corrected chi connectivity index (χ1v) is 28.0. The highest BCUT2D eigenvalue weighted by Crippen LogP contribution is 2.42. The molecular weight excluding hydrogens is 1110 g/mol. The molecular formula is C58H61F3N6O13S2. The summed E-state index contributed by atoms with van der Waals surface area (Å²) in [5.41, 5.74) is 4.70. The number of amides is 5. The third-order valence-electron chi connectivity index (χ3n) is 13.5. The maximum absolute atomic E-state index is 14.2. The monoisotopic (exact) mass is 1170 g/mol. The lowest BCUT2D eigenvalue weighted by molar-refractivity contribution is -0.143. The van der Waals surface area contributed by atoms with Gasteiger partial charge >= 0.3 is 6.18 Å². The number of aliphatic hydroxyl groups is 1. The van der Waals surface area contributed by atoms with E-state index in [0.29, 0.717) is 28.5 Å². The largest absolute Gasteiger partial charge is 0.493 e. The normalized spacial score (nSPS) is 17.0. The van der Waals surface area contributed by atoms with Crippen molar-refractivity contribution in [3.63, 3.8) is 0 Å². The SMILES string of the molecule is COc1cc(/C=C2\SC(=O)N(CCOCCOCCOCCOCCOc3cc(-c4scnc4C)ccc3CNC(=O)[C@@H]3C[C@@H](O)CN3C(=O)[C@H](C(C)C)N3Cc4ccccc4C3=O)C2=O)ccc1Oc1ccc(C#N)cc1C(F)(F)F. The van der Waals surface area contributed by atoms with Crippen molar-refractivity contribution in [2.45, 2.75) is 64.6 Å². The second kappa shape index (κ2) is 28.1. The Kier molecular flexibility index (Phi) is 20.8. The fourth-order valence-electron chi connectivity index (χ4n) is 9.47. The van der Waals surface area contributed by atoms with Crippen LogP contribution in [0.5, 0.6) is 23.0 Å². The van der Waals surface area contributed by atoms with Gasteiger partial charge in [-0.2, -0.15) is 18.4 Å². The molecule has 0 radical (unpaired) electrons. The quantitative estimate of drug-likeness (QED) is 0.0372. The molecule has 2 fully saturated rings. The van der Waals surface area contributed by atoms with E-state index in [-0.39, 0.29) is 132 Å². The number of nitrogens with zero attached hydrogens (tertiary/aromatic N) is 5. The molecule has 1 aromatic heterocycles.